The summed E-state index contributed by atoms with van der Waals surface area (Å²) in [6, 6.07) is 0.0336. The van der Waals surface area contributed by atoms with Gasteiger partial charge in [0.25, 0.3) is 0 Å². The van der Waals surface area contributed by atoms with Crippen molar-refractivity contribution in [3.05, 3.63) is 0 Å². The number of primary amides is 1. The Morgan fingerprint density at radius 3 is 2.30 bits per heavy atom. The fourth-order valence-corrected chi connectivity index (χ4v) is 2.64. The van der Waals surface area contributed by atoms with Crippen molar-refractivity contribution >= 4 is 5.91 Å². The highest BCUT2D eigenvalue weighted by Crippen LogP contribution is 2.34. The minimum absolute atomic E-state index is 0.154. The average molecular weight is 293 g/mol. The number of carbonyl (C=O) groups is 1. The lowest BCUT2D eigenvalue weighted by Gasteiger charge is -2.33. The van der Waals surface area contributed by atoms with Gasteiger partial charge < -0.3 is 16.0 Å². The highest BCUT2D eigenvalue weighted by molar-refractivity contribution is 5.79. The van der Waals surface area contributed by atoms with Crippen molar-refractivity contribution in [3.63, 3.8) is 0 Å². The number of nitrogens with one attached hydrogen (secondary N) is 1. The molecule has 0 aromatic carbocycles. The summed E-state index contributed by atoms with van der Waals surface area (Å²) in [6.07, 6.45) is -1.05. The van der Waals surface area contributed by atoms with Crippen LogP contribution in [-0.4, -0.2) is 48.7 Å². The summed E-state index contributed by atoms with van der Waals surface area (Å²) in [6.45, 7) is 1.51. The van der Waals surface area contributed by atoms with Crippen molar-refractivity contribution in [3.8, 4) is 0 Å². The first-order chi connectivity index (χ1) is 9.36. The number of hydrogen-bond acceptors (Lipinski definition) is 3. The zero-order valence-electron chi connectivity index (χ0n) is 11.5. The van der Waals surface area contributed by atoms with E-state index in [-0.39, 0.29) is 24.8 Å². The Bertz CT molecular complexity index is 336. The van der Waals surface area contributed by atoms with Crippen molar-refractivity contribution in [1.82, 2.24) is 10.2 Å². The normalized spacial score (nSPS) is 23.8. The van der Waals surface area contributed by atoms with Gasteiger partial charge in [0, 0.05) is 12.6 Å². The summed E-state index contributed by atoms with van der Waals surface area (Å²) in [5, 5.41) is 3.18. The molecule has 1 aliphatic carbocycles. The first-order valence-corrected chi connectivity index (χ1v) is 7.20. The molecular formula is C13H22F3N3O. The quantitative estimate of drug-likeness (QED) is 0.775. The van der Waals surface area contributed by atoms with Crippen LogP contribution in [0.4, 0.5) is 13.2 Å². The molecule has 7 heteroatoms. The van der Waals surface area contributed by atoms with E-state index in [1.807, 2.05) is 4.90 Å². The molecule has 116 valence electrons. The lowest BCUT2D eigenvalue weighted by atomic mass is 9.96. The Morgan fingerprint density at radius 1 is 1.25 bits per heavy atom. The molecule has 1 atom stereocenters. The SMILES string of the molecule is NC(=O)C(CCN1CCC(C(F)(F)F)CC1)NC1CC1. The number of amides is 1. The zero-order chi connectivity index (χ0) is 14.8. The minimum atomic E-state index is -4.07. The lowest BCUT2D eigenvalue weighted by Crippen LogP contribution is -2.46. The molecule has 1 amide bonds. The molecule has 1 saturated carbocycles. The predicted octanol–water partition coefficient (Wildman–Crippen LogP) is 1.26. The molecule has 4 nitrogen and oxygen atoms in total. The fourth-order valence-electron chi connectivity index (χ4n) is 2.64. The van der Waals surface area contributed by atoms with Gasteiger partial charge in [0.05, 0.1) is 12.0 Å². The molecule has 0 bridgehead atoms. The van der Waals surface area contributed by atoms with Crippen LogP contribution < -0.4 is 11.1 Å². The van der Waals surface area contributed by atoms with Gasteiger partial charge in [-0.25, -0.2) is 0 Å². The first kappa shape index (κ1) is 15.6. The summed E-state index contributed by atoms with van der Waals surface area (Å²) in [4.78, 5) is 13.3. The van der Waals surface area contributed by atoms with Crippen molar-refractivity contribution in [2.24, 2.45) is 11.7 Å². The maximum atomic E-state index is 12.5. The lowest BCUT2D eigenvalue weighted by molar-refractivity contribution is -0.185. The molecule has 0 aromatic rings. The molecular weight excluding hydrogens is 271 g/mol. The molecule has 3 N–H and O–H groups in total. The van der Waals surface area contributed by atoms with Crippen LogP contribution in [0.5, 0.6) is 0 Å². The minimum Gasteiger partial charge on any atom is -0.368 e. The number of nitrogens with zero attached hydrogens (tertiary/aromatic N) is 1. The van der Waals surface area contributed by atoms with E-state index in [9.17, 15) is 18.0 Å². The fraction of sp³-hybridized carbons (Fsp3) is 0.923. The van der Waals surface area contributed by atoms with Crippen LogP contribution in [0.1, 0.15) is 32.1 Å². The van der Waals surface area contributed by atoms with Crippen molar-refractivity contribution in [1.29, 1.82) is 0 Å². The Morgan fingerprint density at radius 2 is 1.85 bits per heavy atom. The van der Waals surface area contributed by atoms with E-state index in [1.54, 1.807) is 0 Å². The van der Waals surface area contributed by atoms with Crippen LogP contribution in [0.15, 0.2) is 0 Å². The van der Waals surface area contributed by atoms with E-state index in [4.69, 9.17) is 5.73 Å². The van der Waals surface area contributed by atoms with Gasteiger partial charge in [0.1, 0.15) is 0 Å². The average Bonchev–Trinajstić information content (AvgIpc) is 3.17. The number of piperidine rings is 1. The van der Waals surface area contributed by atoms with Gasteiger partial charge in [-0.15, -0.1) is 0 Å². The number of rotatable bonds is 6. The predicted molar refractivity (Wildman–Crippen MR) is 69.0 cm³/mol. The highest BCUT2D eigenvalue weighted by atomic mass is 19.4. The molecule has 2 rings (SSSR count). The number of alkyl halides is 3. The molecule has 1 unspecified atom stereocenters. The summed E-state index contributed by atoms with van der Waals surface area (Å²) in [7, 11) is 0. The maximum Gasteiger partial charge on any atom is 0.391 e. The van der Waals surface area contributed by atoms with Crippen LogP contribution >= 0.6 is 0 Å². The largest absolute Gasteiger partial charge is 0.391 e. The van der Waals surface area contributed by atoms with E-state index in [0.717, 1.165) is 12.8 Å². The first-order valence-electron chi connectivity index (χ1n) is 7.20. The summed E-state index contributed by atoms with van der Waals surface area (Å²) < 4.78 is 37.6. The second-order valence-corrected chi connectivity index (χ2v) is 5.84. The Kier molecular flexibility index (Phi) is 4.90. The molecule has 1 aliphatic heterocycles. The van der Waals surface area contributed by atoms with Crippen molar-refractivity contribution < 1.29 is 18.0 Å². The third-order valence-corrected chi connectivity index (χ3v) is 4.14. The van der Waals surface area contributed by atoms with Gasteiger partial charge in [-0.3, -0.25) is 4.79 Å². The van der Waals surface area contributed by atoms with E-state index in [2.05, 4.69) is 5.32 Å². The molecule has 0 radical (unpaired) electrons. The second kappa shape index (κ2) is 6.30. The van der Waals surface area contributed by atoms with Crippen LogP contribution in [-0.2, 0) is 4.79 Å². The molecule has 0 spiro atoms. The third kappa shape index (κ3) is 4.63. The van der Waals surface area contributed by atoms with E-state index in [1.165, 1.54) is 0 Å². The monoisotopic (exact) mass is 293 g/mol. The Balaban J connectivity index is 1.70. The Labute approximate surface area is 116 Å². The van der Waals surface area contributed by atoms with Gasteiger partial charge in [0.2, 0.25) is 5.91 Å². The molecule has 1 heterocycles. The van der Waals surface area contributed by atoms with E-state index < -0.39 is 12.1 Å². The number of carbonyl (C=O) groups excluding carboxylic acids is 1. The molecule has 1 saturated heterocycles. The topological polar surface area (TPSA) is 58.4 Å². The smallest absolute Gasteiger partial charge is 0.368 e. The van der Waals surface area contributed by atoms with Crippen LogP contribution in [0.2, 0.25) is 0 Å². The third-order valence-electron chi connectivity index (χ3n) is 4.14. The zero-order valence-corrected chi connectivity index (χ0v) is 11.5. The molecule has 0 aromatic heterocycles. The number of halogens is 3. The van der Waals surface area contributed by atoms with E-state index in [0.29, 0.717) is 32.1 Å². The maximum absolute atomic E-state index is 12.5. The number of likely N-dealkylation sites (tertiary alicyclic amines) is 1. The van der Waals surface area contributed by atoms with Crippen LogP contribution in [0, 0.1) is 5.92 Å². The highest BCUT2D eigenvalue weighted by Gasteiger charge is 2.41. The van der Waals surface area contributed by atoms with Gasteiger partial charge >= 0.3 is 6.18 Å². The van der Waals surface area contributed by atoms with Gasteiger partial charge in [-0.05, 0) is 45.2 Å². The van der Waals surface area contributed by atoms with Crippen molar-refractivity contribution in [2.45, 2.75) is 50.4 Å². The second-order valence-electron chi connectivity index (χ2n) is 5.84. The number of nitrogens with two attached hydrogens (primary N) is 1. The van der Waals surface area contributed by atoms with E-state index >= 15 is 0 Å². The summed E-state index contributed by atoms with van der Waals surface area (Å²) in [5.74, 6) is -1.54. The van der Waals surface area contributed by atoms with Crippen LogP contribution in [0.3, 0.4) is 0 Å². The van der Waals surface area contributed by atoms with Crippen LogP contribution in [0.25, 0.3) is 0 Å². The van der Waals surface area contributed by atoms with Crippen molar-refractivity contribution in [2.75, 3.05) is 19.6 Å². The van der Waals surface area contributed by atoms with Gasteiger partial charge in [-0.1, -0.05) is 0 Å². The van der Waals surface area contributed by atoms with Gasteiger partial charge in [-0.2, -0.15) is 13.2 Å². The molecule has 2 fully saturated rings. The Hall–Kier alpha value is -0.820. The number of hydrogen-bond donors (Lipinski definition) is 2. The summed E-state index contributed by atoms with van der Waals surface area (Å²) in [5.41, 5.74) is 5.34. The van der Waals surface area contributed by atoms with Gasteiger partial charge in [0.15, 0.2) is 0 Å². The molecule has 20 heavy (non-hydrogen) atoms. The standard InChI is InChI=1S/C13H22F3N3O/c14-13(15,16)9-3-6-19(7-4-9)8-5-11(12(17)20)18-10-1-2-10/h9-11,18H,1-8H2,(H2,17,20). The molecule has 2 aliphatic rings. The summed E-state index contributed by atoms with van der Waals surface area (Å²) >= 11 is 0.